The second-order valence-electron chi connectivity index (χ2n) is 3.91. The van der Waals surface area contributed by atoms with E-state index in [0.29, 0.717) is 10.8 Å². The minimum atomic E-state index is -3.86. The Hall–Kier alpha value is -1.77. The number of carbonyl (C=O) groups is 1. The Morgan fingerprint density at radius 1 is 1.38 bits per heavy atom. The van der Waals surface area contributed by atoms with Gasteiger partial charge in [0.2, 0.25) is 0 Å². The van der Waals surface area contributed by atoms with Gasteiger partial charge in [-0.25, -0.2) is 13.2 Å². The van der Waals surface area contributed by atoms with E-state index < -0.39 is 16.0 Å². The van der Waals surface area contributed by atoms with Crippen LogP contribution in [0.2, 0.25) is 5.02 Å². The molecular formula is C12H10ClNO5S2. The number of thiophene rings is 1. The van der Waals surface area contributed by atoms with Gasteiger partial charge in [0.05, 0.1) is 23.4 Å². The summed E-state index contributed by atoms with van der Waals surface area (Å²) in [6.45, 7) is 0. The topological polar surface area (TPSA) is 92.7 Å². The van der Waals surface area contributed by atoms with Crippen molar-refractivity contribution < 1.29 is 23.1 Å². The fourth-order valence-electron chi connectivity index (χ4n) is 1.50. The number of hydrogen-bond acceptors (Lipinski definition) is 5. The Balaban J connectivity index is 2.30. The molecule has 0 fully saturated rings. The summed E-state index contributed by atoms with van der Waals surface area (Å²) >= 11 is 6.69. The van der Waals surface area contributed by atoms with Crippen LogP contribution < -0.4 is 9.46 Å². The molecule has 1 aromatic heterocycles. The maximum Gasteiger partial charge on any atom is 0.336 e. The van der Waals surface area contributed by atoms with Gasteiger partial charge in [0.1, 0.15) is 9.96 Å². The molecule has 2 N–H and O–H groups in total. The van der Waals surface area contributed by atoms with Crippen LogP contribution in [0.3, 0.4) is 0 Å². The molecule has 9 heteroatoms. The number of halogens is 1. The molecule has 2 rings (SSSR count). The zero-order valence-electron chi connectivity index (χ0n) is 10.7. The first kappa shape index (κ1) is 15.6. The van der Waals surface area contributed by atoms with E-state index in [-0.39, 0.29) is 15.5 Å². The number of carboxylic acids is 1. The van der Waals surface area contributed by atoms with Crippen LogP contribution in [0.15, 0.2) is 33.9 Å². The van der Waals surface area contributed by atoms with Crippen LogP contribution in [0.4, 0.5) is 5.69 Å². The molecule has 0 radical (unpaired) electrons. The Bertz CT molecular complexity index is 785. The van der Waals surface area contributed by atoms with Gasteiger partial charge in [0.25, 0.3) is 10.0 Å². The SMILES string of the molecule is COc1cc(NS(=O)(=O)c2cc(C(=O)O)cs2)ccc1Cl. The molecule has 1 heterocycles. The number of methoxy groups -OCH3 is 1. The van der Waals surface area contributed by atoms with Gasteiger partial charge < -0.3 is 9.84 Å². The molecule has 1 aromatic carbocycles. The molecule has 112 valence electrons. The van der Waals surface area contributed by atoms with E-state index >= 15 is 0 Å². The Morgan fingerprint density at radius 2 is 2.10 bits per heavy atom. The summed E-state index contributed by atoms with van der Waals surface area (Å²) in [5.74, 6) is -0.852. The second kappa shape index (κ2) is 5.92. The summed E-state index contributed by atoms with van der Waals surface area (Å²) in [5, 5.41) is 10.4. The zero-order valence-corrected chi connectivity index (χ0v) is 13.1. The molecule has 2 aromatic rings. The standard InChI is InChI=1S/C12H10ClNO5S2/c1-19-10-5-8(2-3-9(10)13)14-21(17,18)11-4-7(6-20-11)12(15)16/h2-6,14H,1H3,(H,15,16). The minimum absolute atomic E-state index is 0.0749. The fraction of sp³-hybridized carbons (Fsp3) is 0.0833. The largest absolute Gasteiger partial charge is 0.495 e. The summed E-state index contributed by atoms with van der Waals surface area (Å²) in [7, 11) is -2.44. The maximum absolute atomic E-state index is 12.2. The molecular weight excluding hydrogens is 338 g/mol. The van der Waals surface area contributed by atoms with Crippen LogP contribution in [-0.4, -0.2) is 26.6 Å². The highest BCUT2D eigenvalue weighted by molar-refractivity contribution is 7.94. The van der Waals surface area contributed by atoms with E-state index in [1.165, 1.54) is 30.7 Å². The molecule has 6 nitrogen and oxygen atoms in total. The normalized spacial score (nSPS) is 11.1. The quantitative estimate of drug-likeness (QED) is 0.867. The van der Waals surface area contributed by atoms with Crippen molar-refractivity contribution in [1.29, 1.82) is 0 Å². The van der Waals surface area contributed by atoms with Crippen molar-refractivity contribution in [3.8, 4) is 5.75 Å². The lowest BCUT2D eigenvalue weighted by Crippen LogP contribution is -2.11. The second-order valence-corrected chi connectivity index (χ2v) is 7.14. The molecule has 0 spiro atoms. The summed E-state index contributed by atoms with van der Waals surface area (Å²) in [6, 6.07) is 5.51. The minimum Gasteiger partial charge on any atom is -0.495 e. The predicted octanol–water partition coefficient (Wildman–Crippen LogP) is 2.91. The van der Waals surface area contributed by atoms with Gasteiger partial charge in [-0.3, -0.25) is 4.72 Å². The number of rotatable bonds is 5. The smallest absolute Gasteiger partial charge is 0.336 e. The molecule has 0 aliphatic rings. The van der Waals surface area contributed by atoms with Crippen LogP contribution in [0.25, 0.3) is 0 Å². The highest BCUT2D eigenvalue weighted by Gasteiger charge is 2.19. The number of hydrogen-bond donors (Lipinski definition) is 2. The van der Waals surface area contributed by atoms with Gasteiger partial charge in [-0.05, 0) is 18.2 Å². The lowest BCUT2D eigenvalue weighted by Gasteiger charge is -2.09. The third-order valence-corrected chi connectivity index (χ3v) is 5.62. The van der Waals surface area contributed by atoms with E-state index in [1.54, 1.807) is 0 Å². The average molecular weight is 348 g/mol. The number of ether oxygens (including phenoxy) is 1. The van der Waals surface area contributed by atoms with Crippen LogP contribution in [0, 0.1) is 0 Å². The van der Waals surface area contributed by atoms with Crippen molar-refractivity contribution in [2.45, 2.75) is 4.21 Å². The van der Waals surface area contributed by atoms with E-state index in [9.17, 15) is 13.2 Å². The first-order chi connectivity index (χ1) is 9.83. The molecule has 0 aliphatic carbocycles. The van der Waals surface area contributed by atoms with Gasteiger partial charge in [0, 0.05) is 11.4 Å². The summed E-state index contributed by atoms with van der Waals surface area (Å²) < 4.78 is 31.6. The Kier molecular flexibility index (Phi) is 4.40. The summed E-state index contributed by atoms with van der Waals surface area (Å²) in [5.41, 5.74) is 0.190. The summed E-state index contributed by atoms with van der Waals surface area (Å²) in [6.07, 6.45) is 0. The molecule has 0 saturated heterocycles. The van der Waals surface area contributed by atoms with Crippen molar-refractivity contribution in [1.82, 2.24) is 0 Å². The van der Waals surface area contributed by atoms with Crippen LogP contribution in [0.1, 0.15) is 10.4 Å². The van der Waals surface area contributed by atoms with Gasteiger partial charge in [0.15, 0.2) is 0 Å². The lowest BCUT2D eigenvalue weighted by molar-refractivity contribution is 0.0697. The molecule has 0 atom stereocenters. The number of anilines is 1. The molecule has 0 aliphatic heterocycles. The van der Waals surface area contributed by atoms with E-state index in [1.807, 2.05) is 0 Å². The predicted molar refractivity (Wildman–Crippen MR) is 80.1 cm³/mol. The maximum atomic E-state index is 12.2. The van der Waals surface area contributed by atoms with E-state index in [4.69, 9.17) is 21.4 Å². The number of aromatic carboxylic acids is 1. The van der Waals surface area contributed by atoms with Crippen molar-refractivity contribution in [2.75, 3.05) is 11.8 Å². The molecule has 0 bridgehead atoms. The lowest BCUT2D eigenvalue weighted by atomic mass is 10.3. The van der Waals surface area contributed by atoms with Crippen LogP contribution in [0.5, 0.6) is 5.75 Å². The van der Waals surface area contributed by atoms with Gasteiger partial charge in [-0.15, -0.1) is 11.3 Å². The molecule has 0 saturated carbocycles. The molecule has 21 heavy (non-hydrogen) atoms. The monoisotopic (exact) mass is 347 g/mol. The summed E-state index contributed by atoms with van der Waals surface area (Å²) in [4.78, 5) is 10.8. The van der Waals surface area contributed by atoms with Crippen molar-refractivity contribution >= 4 is 44.6 Å². The number of carboxylic acid groups (broad SMARTS) is 1. The van der Waals surface area contributed by atoms with Crippen LogP contribution in [-0.2, 0) is 10.0 Å². The van der Waals surface area contributed by atoms with Crippen molar-refractivity contribution in [3.05, 3.63) is 40.2 Å². The average Bonchev–Trinajstić information content (AvgIpc) is 2.91. The highest BCUT2D eigenvalue weighted by Crippen LogP contribution is 2.29. The third-order valence-electron chi connectivity index (χ3n) is 2.49. The number of nitrogens with one attached hydrogen (secondary N) is 1. The van der Waals surface area contributed by atoms with Crippen molar-refractivity contribution in [3.63, 3.8) is 0 Å². The zero-order chi connectivity index (χ0) is 15.6. The Labute approximate surface area is 130 Å². The fourth-order valence-corrected chi connectivity index (χ4v) is 3.90. The first-order valence-corrected chi connectivity index (χ1v) is 8.26. The van der Waals surface area contributed by atoms with E-state index in [0.717, 1.165) is 17.4 Å². The van der Waals surface area contributed by atoms with Gasteiger partial charge in [-0.1, -0.05) is 11.6 Å². The van der Waals surface area contributed by atoms with Gasteiger partial charge in [-0.2, -0.15) is 0 Å². The number of benzene rings is 1. The van der Waals surface area contributed by atoms with E-state index in [2.05, 4.69) is 4.72 Å². The van der Waals surface area contributed by atoms with Crippen LogP contribution >= 0.6 is 22.9 Å². The van der Waals surface area contributed by atoms with Gasteiger partial charge >= 0.3 is 5.97 Å². The Morgan fingerprint density at radius 3 is 2.67 bits per heavy atom. The van der Waals surface area contributed by atoms with Crippen molar-refractivity contribution in [2.24, 2.45) is 0 Å². The first-order valence-electron chi connectivity index (χ1n) is 5.51. The number of sulfonamides is 1. The molecule has 0 amide bonds. The third kappa shape index (κ3) is 3.46. The molecule has 0 unspecified atom stereocenters. The highest BCUT2D eigenvalue weighted by atomic mass is 35.5.